The van der Waals surface area contributed by atoms with Crippen LogP contribution in [0.4, 0.5) is 11.4 Å². The molecule has 0 fully saturated rings. The van der Waals surface area contributed by atoms with Crippen LogP contribution in [0.3, 0.4) is 0 Å². The van der Waals surface area contributed by atoms with Crippen molar-refractivity contribution >= 4 is 17.2 Å². The van der Waals surface area contributed by atoms with Crippen LogP contribution in [0.15, 0.2) is 59.3 Å². The minimum absolute atomic E-state index is 0.0128. The van der Waals surface area contributed by atoms with Crippen LogP contribution in [0, 0.1) is 10.1 Å². The molecule has 0 aliphatic rings. The summed E-state index contributed by atoms with van der Waals surface area (Å²) in [6.45, 7) is 0. The van der Waals surface area contributed by atoms with E-state index in [0.717, 1.165) is 0 Å². The van der Waals surface area contributed by atoms with Crippen LogP contribution < -0.4 is 5.73 Å². The lowest BCUT2D eigenvalue weighted by Crippen LogP contribution is -2.04. The SMILES string of the molecule is Nc1cnccc1C(=O)c1ccc(-c2ccc([N+](=O)[O-])cc2)o1. The Hall–Kier alpha value is -3.48. The average Bonchev–Trinajstić information content (AvgIpc) is 3.05. The number of nitro groups is 1. The van der Waals surface area contributed by atoms with Gasteiger partial charge in [0.2, 0.25) is 5.78 Å². The summed E-state index contributed by atoms with van der Waals surface area (Å²) >= 11 is 0. The Morgan fingerprint density at radius 2 is 1.87 bits per heavy atom. The van der Waals surface area contributed by atoms with E-state index in [0.29, 0.717) is 16.9 Å². The molecule has 23 heavy (non-hydrogen) atoms. The van der Waals surface area contributed by atoms with Crippen molar-refractivity contribution in [2.45, 2.75) is 0 Å². The monoisotopic (exact) mass is 309 g/mol. The quantitative estimate of drug-likeness (QED) is 0.450. The zero-order valence-electron chi connectivity index (χ0n) is 11.8. The summed E-state index contributed by atoms with van der Waals surface area (Å²) in [4.78, 5) is 26.4. The van der Waals surface area contributed by atoms with Gasteiger partial charge in [0.15, 0.2) is 5.76 Å². The fraction of sp³-hybridized carbons (Fsp3) is 0. The fourth-order valence-electron chi connectivity index (χ4n) is 2.11. The molecule has 2 heterocycles. The van der Waals surface area contributed by atoms with Crippen LogP contribution >= 0.6 is 0 Å². The predicted molar refractivity (Wildman–Crippen MR) is 82.9 cm³/mol. The number of nitro benzene ring substituents is 1. The number of benzene rings is 1. The molecule has 0 atom stereocenters. The maximum Gasteiger partial charge on any atom is 0.269 e. The molecule has 3 aromatic rings. The second-order valence-corrected chi connectivity index (χ2v) is 4.76. The van der Waals surface area contributed by atoms with Gasteiger partial charge in [-0.25, -0.2) is 0 Å². The van der Waals surface area contributed by atoms with Crippen molar-refractivity contribution in [3.63, 3.8) is 0 Å². The van der Waals surface area contributed by atoms with E-state index < -0.39 is 4.92 Å². The molecule has 0 saturated heterocycles. The molecule has 7 heteroatoms. The number of non-ortho nitro benzene ring substituents is 1. The highest BCUT2D eigenvalue weighted by atomic mass is 16.6. The lowest BCUT2D eigenvalue weighted by Gasteiger charge is -2.01. The first kappa shape index (κ1) is 14.5. The second-order valence-electron chi connectivity index (χ2n) is 4.76. The van der Waals surface area contributed by atoms with Crippen LogP contribution in [0.1, 0.15) is 16.1 Å². The molecule has 114 valence electrons. The van der Waals surface area contributed by atoms with E-state index in [9.17, 15) is 14.9 Å². The molecular formula is C16H11N3O4. The molecule has 0 unspecified atom stereocenters. The number of ketones is 1. The Kier molecular flexibility index (Phi) is 3.60. The summed E-state index contributed by atoms with van der Waals surface area (Å²) in [5.41, 5.74) is 6.94. The first-order chi connectivity index (χ1) is 11.1. The van der Waals surface area contributed by atoms with Gasteiger partial charge in [0, 0.05) is 23.9 Å². The van der Waals surface area contributed by atoms with Crippen molar-refractivity contribution in [1.29, 1.82) is 0 Å². The summed E-state index contributed by atoms with van der Waals surface area (Å²) in [5.74, 6) is 0.227. The number of carbonyl (C=O) groups excluding carboxylic acids is 1. The Labute approximate surface area is 130 Å². The largest absolute Gasteiger partial charge is 0.453 e. The van der Waals surface area contributed by atoms with Crippen molar-refractivity contribution in [2.75, 3.05) is 5.73 Å². The van der Waals surface area contributed by atoms with Gasteiger partial charge in [-0.1, -0.05) is 0 Å². The van der Waals surface area contributed by atoms with E-state index >= 15 is 0 Å². The van der Waals surface area contributed by atoms with Gasteiger partial charge in [-0.3, -0.25) is 19.9 Å². The topological polar surface area (TPSA) is 112 Å². The molecule has 0 spiro atoms. The maximum atomic E-state index is 12.4. The highest BCUT2D eigenvalue weighted by Gasteiger charge is 2.17. The van der Waals surface area contributed by atoms with Crippen molar-refractivity contribution in [3.8, 4) is 11.3 Å². The first-order valence-electron chi connectivity index (χ1n) is 6.65. The van der Waals surface area contributed by atoms with Crippen LogP contribution in [0.5, 0.6) is 0 Å². The van der Waals surface area contributed by atoms with E-state index in [-0.39, 0.29) is 22.9 Å². The Morgan fingerprint density at radius 1 is 1.13 bits per heavy atom. The average molecular weight is 309 g/mol. The van der Waals surface area contributed by atoms with Crippen LogP contribution in [0.2, 0.25) is 0 Å². The molecule has 3 rings (SSSR count). The molecule has 2 N–H and O–H groups in total. The Balaban J connectivity index is 1.90. The summed E-state index contributed by atoms with van der Waals surface area (Å²) in [6, 6.07) is 10.6. The van der Waals surface area contributed by atoms with E-state index in [1.165, 1.54) is 30.6 Å². The standard InChI is InChI=1S/C16H11N3O4/c17-13-9-18-8-7-12(13)16(20)15-6-5-14(23-15)10-1-3-11(4-2-10)19(21)22/h1-9H,17H2. The van der Waals surface area contributed by atoms with E-state index in [2.05, 4.69) is 4.98 Å². The normalized spacial score (nSPS) is 10.4. The molecule has 0 aliphatic carbocycles. The maximum absolute atomic E-state index is 12.4. The van der Waals surface area contributed by atoms with Gasteiger partial charge in [0.1, 0.15) is 5.76 Å². The van der Waals surface area contributed by atoms with Crippen LogP contribution in [0.25, 0.3) is 11.3 Å². The van der Waals surface area contributed by atoms with Crippen molar-refractivity contribution < 1.29 is 14.1 Å². The summed E-state index contributed by atoms with van der Waals surface area (Å²) in [6.07, 6.45) is 2.87. The van der Waals surface area contributed by atoms with E-state index in [4.69, 9.17) is 10.2 Å². The van der Waals surface area contributed by atoms with Crippen LogP contribution in [-0.2, 0) is 0 Å². The van der Waals surface area contributed by atoms with Gasteiger partial charge in [0.05, 0.1) is 22.4 Å². The number of furan rings is 1. The number of nitrogens with two attached hydrogens (primary N) is 1. The molecule has 0 radical (unpaired) electrons. The first-order valence-corrected chi connectivity index (χ1v) is 6.65. The third-order valence-electron chi connectivity index (χ3n) is 3.29. The summed E-state index contributed by atoms with van der Waals surface area (Å²) in [7, 11) is 0. The molecule has 1 aromatic carbocycles. The highest BCUT2D eigenvalue weighted by Crippen LogP contribution is 2.26. The molecule has 0 bridgehead atoms. The predicted octanol–water partition coefficient (Wildman–Crippen LogP) is 3.06. The van der Waals surface area contributed by atoms with E-state index in [1.54, 1.807) is 24.3 Å². The van der Waals surface area contributed by atoms with Crippen molar-refractivity contribution in [2.24, 2.45) is 0 Å². The number of hydrogen-bond acceptors (Lipinski definition) is 6. The number of nitrogen functional groups attached to an aromatic ring is 1. The van der Waals surface area contributed by atoms with Gasteiger partial charge in [-0.15, -0.1) is 0 Å². The number of rotatable bonds is 4. The number of nitrogens with zero attached hydrogens (tertiary/aromatic N) is 2. The lowest BCUT2D eigenvalue weighted by molar-refractivity contribution is -0.384. The number of anilines is 1. The summed E-state index contributed by atoms with van der Waals surface area (Å²) < 4.78 is 5.55. The molecule has 0 amide bonds. The fourth-order valence-corrected chi connectivity index (χ4v) is 2.11. The van der Waals surface area contributed by atoms with Gasteiger partial charge in [-0.05, 0) is 30.3 Å². The molecule has 2 aromatic heterocycles. The van der Waals surface area contributed by atoms with Gasteiger partial charge >= 0.3 is 0 Å². The minimum atomic E-state index is -0.479. The highest BCUT2D eigenvalue weighted by molar-refractivity contribution is 6.10. The number of carbonyl (C=O) groups is 1. The second kappa shape index (κ2) is 5.72. The minimum Gasteiger partial charge on any atom is -0.453 e. The molecule has 0 aliphatic heterocycles. The van der Waals surface area contributed by atoms with E-state index in [1.807, 2.05) is 0 Å². The smallest absolute Gasteiger partial charge is 0.269 e. The van der Waals surface area contributed by atoms with Gasteiger partial charge in [0.25, 0.3) is 5.69 Å². The zero-order valence-corrected chi connectivity index (χ0v) is 11.8. The Bertz CT molecular complexity index is 884. The number of aromatic nitrogens is 1. The molecular weight excluding hydrogens is 298 g/mol. The third kappa shape index (κ3) is 2.80. The lowest BCUT2D eigenvalue weighted by atomic mass is 10.1. The summed E-state index contributed by atoms with van der Waals surface area (Å²) in [5, 5.41) is 10.7. The number of hydrogen-bond donors (Lipinski definition) is 1. The van der Waals surface area contributed by atoms with Gasteiger partial charge in [-0.2, -0.15) is 0 Å². The van der Waals surface area contributed by atoms with Crippen molar-refractivity contribution in [1.82, 2.24) is 4.98 Å². The molecule has 0 saturated carbocycles. The van der Waals surface area contributed by atoms with Crippen molar-refractivity contribution in [3.05, 3.63) is 76.3 Å². The third-order valence-corrected chi connectivity index (χ3v) is 3.29. The Morgan fingerprint density at radius 3 is 2.52 bits per heavy atom. The van der Waals surface area contributed by atoms with Crippen LogP contribution in [-0.4, -0.2) is 15.7 Å². The van der Waals surface area contributed by atoms with Gasteiger partial charge < -0.3 is 10.2 Å². The molecule has 7 nitrogen and oxygen atoms in total. The number of pyridine rings is 1. The zero-order chi connectivity index (χ0) is 16.4.